The van der Waals surface area contributed by atoms with E-state index in [1.807, 2.05) is 19.1 Å². The maximum Gasteiger partial charge on any atom is 0.251 e. The Kier molecular flexibility index (Phi) is 5.71. The predicted molar refractivity (Wildman–Crippen MR) is 88.2 cm³/mol. The summed E-state index contributed by atoms with van der Waals surface area (Å²) in [6.45, 7) is 2.05. The molecule has 0 saturated heterocycles. The Labute approximate surface area is 138 Å². The van der Waals surface area contributed by atoms with E-state index in [4.69, 9.17) is 11.6 Å². The molecule has 0 aromatic heterocycles. The number of hydrogen-bond donors (Lipinski definition) is 2. The van der Waals surface area contributed by atoms with Gasteiger partial charge in [-0.25, -0.2) is 4.39 Å². The first kappa shape index (κ1) is 17.0. The number of carbonyl (C=O) groups excluding carboxylic acids is 2. The fourth-order valence-corrected chi connectivity index (χ4v) is 2.19. The maximum atomic E-state index is 13.0. The zero-order chi connectivity index (χ0) is 16.8. The Morgan fingerprint density at radius 2 is 1.91 bits per heavy atom. The Morgan fingerprint density at radius 1 is 1.17 bits per heavy atom. The van der Waals surface area contributed by atoms with Crippen molar-refractivity contribution in [2.75, 3.05) is 11.9 Å². The topological polar surface area (TPSA) is 58.2 Å². The number of amides is 2. The highest BCUT2D eigenvalue weighted by molar-refractivity contribution is 6.31. The van der Waals surface area contributed by atoms with Crippen molar-refractivity contribution in [2.24, 2.45) is 0 Å². The number of benzene rings is 2. The lowest BCUT2D eigenvalue weighted by Gasteiger charge is -2.08. The normalized spacial score (nSPS) is 10.2. The molecule has 0 aliphatic carbocycles. The van der Waals surface area contributed by atoms with Crippen LogP contribution in [0.5, 0.6) is 0 Å². The standard InChI is InChI=1S/C17H16ClFN2O2/c1-11-4-2-3-5-13(11)17(23)20-9-8-16(22)21-12-6-7-15(19)14(18)10-12/h2-7,10H,8-9H2,1H3,(H,20,23)(H,21,22). The summed E-state index contributed by atoms with van der Waals surface area (Å²) in [6, 6.07) is 11.1. The second-order valence-corrected chi connectivity index (χ2v) is 5.41. The molecule has 0 bridgehead atoms. The summed E-state index contributed by atoms with van der Waals surface area (Å²) in [7, 11) is 0. The molecule has 2 aromatic carbocycles. The van der Waals surface area contributed by atoms with Gasteiger partial charge in [0, 0.05) is 24.2 Å². The minimum atomic E-state index is -0.546. The number of aryl methyl sites for hydroxylation is 1. The van der Waals surface area contributed by atoms with Crippen molar-refractivity contribution >= 4 is 29.1 Å². The predicted octanol–water partition coefficient (Wildman–Crippen LogP) is 3.55. The molecular weight excluding hydrogens is 319 g/mol. The fraction of sp³-hybridized carbons (Fsp3) is 0.176. The summed E-state index contributed by atoms with van der Waals surface area (Å²) >= 11 is 5.64. The van der Waals surface area contributed by atoms with Crippen LogP contribution < -0.4 is 10.6 Å². The van der Waals surface area contributed by atoms with Gasteiger partial charge >= 0.3 is 0 Å². The lowest BCUT2D eigenvalue weighted by atomic mass is 10.1. The lowest BCUT2D eigenvalue weighted by Crippen LogP contribution is -2.28. The van der Waals surface area contributed by atoms with E-state index < -0.39 is 5.82 Å². The zero-order valence-electron chi connectivity index (χ0n) is 12.5. The highest BCUT2D eigenvalue weighted by Crippen LogP contribution is 2.19. The van der Waals surface area contributed by atoms with Gasteiger partial charge in [0.05, 0.1) is 5.02 Å². The van der Waals surface area contributed by atoms with Gasteiger partial charge in [-0.3, -0.25) is 9.59 Å². The Morgan fingerprint density at radius 3 is 2.61 bits per heavy atom. The van der Waals surface area contributed by atoms with Crippen LogP contribution in [-0.4, -0.2) is 18.4 Å². The molecular formula is C17H16ClFN2O2. The molecule has 23 heavy (non-hydrogen) atoms. The van der Waals surface area contributed by atoms with Gasteiger partial charge in [0.1, 0.15) is 5.82 Å². The smallest absolute Gasteiger partial charge is 0.251 e. The molecule has 0 spiro atoms. The number of carbonyl (C=O) groups is 2. The third kappa shape index (κ3) is 4.79. The van der Waals surface area contributed by atoms with Crippen LogP contribution in [0.4, 0.5) is 10.1 Å². The van der Waals surface area contributed by atoms with Gasteiger partial charge < -0.3 is 10.6 Å². The minimum Gasteiger partial charge on any atom is -0.352 e. The summed E-state index contributed by atoms with van der Waals surface area (Å²) in [4.78, 5) is 23.8. The molecule has 120 valence electrons. The first-order valence-corrected chi connectivity index (χ1v) is 7.44. The van der Waals surface area contributed by atoms with Crippen LogP contribution in [0.25, 0.3) is 0 Å². The average molecular weight is 335 g/mol. The van der Waals surface area contributed by atoms with E-state index >= 15 is 0 Å². The molecule has 0 saturated carbocycles. The van der Waals surface area contributed by atoms with Crippen LogP contribution in [-0.2, 0) is 4.79 Å². The Balaban J connectivity index is 1.82. The van der Waals surface area contributed by atoms with Crippen molar-refractivity contribution in [3.8, 4) is 0 Å². The third-order valence-corrected chi connectivity index (χ3v) is 3.52. The van der Waals surface area contributed by atoms with Gasteiger partial charge in [-0.2, -0.15) is 0 Å². The molecule has 0 heterocycles. The van der Waals surface area contributed by atoms with Crippen molar-refractivity contribution in [2.45, 2.75) is 13.3 Å². The molecule has 0 unspecified atom stereocenters. The summed E-state index contributed by atoms with van der Waals surface area (Å²) in [6.07, 6.45) is 0.104. The van der Waals surface area contributed by atoms with E-state index in [0.29, 0.717) is 11.3 Å². The van der Waals surface area contributed by atoms with Crippen molar-refractivity contribution in [1.29, 1.82) is 0 Å². The zero-order valence-corrected chi connectivity index (χ0v) is 13.3. The van der Waals surface area contributed by atoms with E-state index in [-0.39, 0.29) is 29.8 Å². The van der Waals surface area contributed by atoms with E-state index in [0.717, 1.165) is 5.56 Å². The van der Waals surface area contributed by atoms with E-state index in [2.05, 4.69) is 10.6 Å². The molecule has 2 aromatic rings. The van der Waals surface area contributed by atoms with Crippen LogP contribution >= 0.6 is 11.6 Å². The van der Waals surface area contributed by atoms with Crippen molar-refractivity contribution in [3.05, 3.63) is 64.4 Å². The van der Waals surface area contributed by atoms with Gasteiger partial charge in [-0.05, 0) is 36.8 Å². The molecule has 4 nitrogen and oxygen atoms in total. The minimum absolute atomic E-state index is 0.0596. The van der Waals surface area contributed by atoms with E-state index in [9.17, 15) is 14.0 Å². The molecule has 0 atom stereocenters. The van der Waals surface area contributed by atoms with E-state index in [1.165, 1.54) is 18.2 Å². The van der Waals surface area contributed by atoms with Crippen LogP contribution in [0.3, 0.4) is 0 Å². The Bertz CT molecular complexity index is 734. The second kappa shape index (κ2) is 7.74. The fourth-order valence-electron chi connectivity index (χ4n) is 2.01. The van der Waals surface area contributed by atoms with Crippen LogP contribution in [0.1, 0.15) is 22.3 Å². The molecule has 0 aliphatic rings. The van der Waals surface area contributed by atoms with Gasteiger partial charge in [-0.1, -0.05) is 29.8 Å². The summed E-state index contributed by atoms with van der Waals surface area (Å²) < 4.78 is 13.0. The second-order valence-electron chi connectivity index (χ2n) is 5.00. The van der Waals surface area contributed by atoms with Crippen molar-refractivity contribution < 1.29 is 14.0 Å². The highest BCUT2D eigenvalue weighted by atomic mass is 35.5. The first-order valence-electron chi connectivity index (χ1n) is 7.06. The molecule has 0 fully saturated rings. The summed E-state index contributed by atoms with van der Waals surface area (Å²) in [5.74, 6) is -1.06. The lowest BCUT2D eigenvalue weighted by molar-refractivity contribution is -0.116. The number of nitrogens with one attached hydrogen (secondary N) is 2. The number of hydrogen-bond acceptors (Lipinski definition) is 2. The van der Waals surface area contributed by atoms with Gasteiger partial charge in [-0.15, -0.1) is 0 Å². The largest absolute Gasteiger partial charge is 0.352 e. The Hall–Kier alpha value is -2.40. The molecule has 0 radical (unpaired) electrons. The van der Waals surface area contributed by atoms with Crippen LogP contribution in [0, 0.1) is 12.7 Å². The van der Waals surface area contributed by atoms with Crippen molar-refractivity contribution in [3.63, 3.8) is 0 Å². The molecule has 6 heteroatoms. The van der Waals surface area contributed by atoms with Gasteiger partial charge in [0.25, 0.3) is 5.91 Å². The maximum absolute atomic E-state index is 13.0. The highest BCUT2D eigenvalue weighted by Gasteiger charge is 2.09. The monoisotopic (exact) mass is 334 g/mol. The van der Waals surface area contributed by atoms with Crippen LogP contribution in [0.15, 0.2) is 42.5 Å². The van der Waals surface area contributed by atoms with E-state index in [1.54, 1.807) is 12.1 Å². The molecule has 2 amide bonds. The third-order valence-electron chi connectivity index (χ3n) is 3.23. The average Bonchev–Trinajstić information content (AvgIpc) is 2.51. The molecule has 2 N–H and O–H groups in total. The van der Waals surface area contributed by atoms with Gasteiger partial charge in [0.15, 0.2) is 0 Å². The first-order chi connectivity index (χ1) is 11.0. The number of rotatable bonds is 5. The van der Waals surface area contributed by atoms with Crippen LogP contribution in [0.2, 0.25) is 5.02 Å². The summed E-state index contributed by atoms with van der Waals surface area (Å²) in [5, 5.41) is 5.23. The number of halogens is 2. The SMILES string of the molecule is Cc1ccccc1C(=O)NCCC(=O)Nc1ccc(F)c(Cl)c1. The van der Waals surface area contributed by atoms with Gasteiger partial charge in [0.2, 0.25) is 5.91 Å². The van der Waals surface area contributed by atoms with Crippen molar-refractivity contribution in [1.82, 2.24) is 5.32 Å². The summed E-state index contributed by atoms with van der Waals surface area (Å²) in [5.41, 5.74) is 1.86. The quantitative estimate of drug-likeness (QED) is 0.878. The molecule has 2 rings (SSSR count). The number of anilines is 1. The molecule has 0 aliphatic heterocycles.